The van der Waals surface area contributed by atoms with Crippen molar-refractivity contribution in [3.05, 3.63) is 187 Å². The van der Waals surface area contributed by atoms with Gasteiger partial charge in [-0.05, 0) is 119 Å². The van der Waals surface area contributed by atoms with Gasteiger partial charge in [0.25, 0.3) is 0 Å². The first kappa shape index (κ1) is 30.6. The molecule has 1 unspecified atom stereocenters. The molecule has 3 nitrogen and oxygen atoms in total. The highest BCUT2D eigenvalue weighted by Crippen LogP contribution is 2.51. The lowest BCUT2D eigenvalue weighted by atomic mass is 9.89. The lowest BCUT2D eigenvalue weighted by molar-refractivity contribution is 0.424. The summed E-state index contributed by atoms with van der Waals surface area (Å²) in [5.41, 5.74) is 13.4. The lowest BCUT2D eigenvalue weighted by Gasteiger charge is -2.16. The standard InChI is InChI=1S/C52H36N2O/c1-2-14-39(15-3-1)53-46-19-9-6-16-40(46)43-29-36(24-26-48(43)53)37-25-27-49-44(30-37)41-17-7-10-20-47(41)54(49)50-32-38(35-23-22-33-12-4-5-13-34(33)28-35)31-45-42-18-8-11-21-51(42)55-52(45)50/h1-2,4-14,16-17,19-32,42H,3,15,18H2. The van der Waals surface area contributed by atoms with Gasteiger partial charge >= 0.3 is 0 Å². The molecular formula is C52H36N2O. The summed E-state index contributed by atoms with van der Waals surface area (Å²) < 4.78 is 11.7. The first-order chi connectivity index (χ1) is 27.3. The fourth-order valence-electron chi connectivity index (χ4n) is 9.47. The van der Waals surface area contributed by atoms with Gasteiger partial charge in [-0.3, -0.25) is 0 Å². The Morgan fingerprint density at radius 1 is 0.491 bits per heavy atom. The van der Waals surface area contributed by atoms with Gasteiger partial charge in [-0.1, -0.05) is 109 Å². The maximum absolute atomic E-state index is 6.82. The van der Waals surface area contributed by atoms with Gasteiger partial charge in [-0.15, -0.1) is 0 Å². The lowest BCUT2D eigenvalue weighted by Crippen LogP contribution is -2.00. The molecule has 55 heavy (non-hydrogen) atoms. The smallest absolute Gasteiger partial charge is 0.154 e. The molecule has 0 N–H and O–H groups in total. The van der Waals surface area contributed by atoms with Crippen LogP contribution < -0.4 is 4.74 Å². The van der Waals surface area contributed by atoms with Crippen LogP contribution in [-0.4, -0.2) is 9.13 Å². The highest BCUT2D eigenvalue weighted by Gasteiger charge is 2.34. The summed E-state index contributed by atoms with van der Waals surface area (Å²) in [6.45, 7) is 0. The summed E-state index contributed by atoms with van der Waals surface area (Å²) >= 11 is 0. The Bertz CT molecular complexity index is 3220. The van der Waals surface area contributed by atoms with Crippen molar-refractivity contribution in [2.45, 2.75) is 25.2 Å². The number of fused-ring (bicyclic) bond motifs is 10. The molecule has 9 aromatic rings. The highest BCUT2D eigenvalue weighted by molar-refractivity contribution is 6.13. The predicted molar refractivity (Wildman–Crippen MR) is 230 cm³/mol. The maximum atomic E-state index is 6.82. The number of para-hydroxylation sites is 2. The van der Waals surface area contributed by atoms with E-state index in [1.165, 1.54) is 87.9 Å². The molecule has 2 aromatic heterocycles. The molecule has 1 aliphatic heterocycles. The molecule has 3 heterocycles. The number of rotatable bonds is 4. The van der Waals surface area contributed by atoms with Gasteiger partial charge in [0.15, 0.2) is 5.75 Å². The van der Waals surface area contributed by atoms with Crippen molar-refractivity contribution in [3.8, 4) is 33.7 Å². The molecule has 3 heteroatoms. The quantitative estimate of drug-likeness (QED) is 0.178. The minimum Gasteiger partial charge on any atom is -0.459 e. The molecule has 7 aromatic carbocycles. The van der Waals surface area contributed by atoms with Crippen molar-refractivity contribution < 1.29 is 4.74 Å². The second kappa shape index (κ2) is 11.8. The van der Waals surface area contributed by atoms with E-state index in [-0.39, 0.29) is 5.92 Å². The van der Waals surface area contributed by atoms with E-state index in [9.17, 15) is 0 Å². The molecular weight excluding hydrogens is 669 g/mol. The average molecular weight is 705 g/mol. The fraction of sp³-hybridized carbons (Fsp3) is 0.0769. The number of allylic oxidation sites excluding steroid dienone is 8. The minimum atomic E-state index is 0.214. The fourth-order valence-corrected chi connectivity index (χ4v) is 9.47. The molecule has 0 fully saturated rings. The Kier molecular flexibility index (Phi) is 6.58. The van der Waals surface area contributed by atoms with Gasteiger partial charge in [-0.2, -0.15) is 0 Å². The Balaban J connectivity index is 1.06. The summed E-state index contributed by atoms with van der Waals surface area (Å²) in [5.74, 6) is 2.21. The summed E-state index contributed by atoms with van der Waals surface area (Å²) in [4.78, 5) is 0. The normalized spacial score (nSPS) is 16.2. The summed E-state index contributed by atoms with van der Waals surface area (Å²) in [7, 11) is 0. The third-order valence-corrected chi connectivity index (χ3v) is 12.1. The van der Waals surface area contributed by atoms with Gasteiger partial charge in [-0.25, -0.2) is 0 Å². The third-order valence-electron chi connectivity index (χ3n) is 12.1. The Morgan fingerprint density at radius 2 is 1.13 bits per heavy atom. The number of benzene rings is 7. The Morgan fingerprint density at radius 3 is 1.89 bits per heavy atom. The average Bonchev–Trinajstić information content (AvgIpc) is 3.91. The van der Waals surface area contributed by atoms with Crippen LogP contribution in [0.4, 0.5) is 0 Å². The van der Waals surface area contributed by atoms with E-state index in [2.05, 4.69) is 185 Å². The van der Waals surface area contributed by atoms with E-state index in [1.807, 2.05) is 0 Å². The van der Waals surface area contributed by atoms with Crippen molar-refractivity contribution in [1.82, 2.24) is 9.13 Å². The number of nitrogens with zero attached hydrogens (tertiary/aromatic N) is 2. The highest BCUT2D eigenvalue weighted by atomic mass is 16.5. The van der Waals surface area contributed by atoms with Crippen LogP contribution in [0.15, 0.2) is 182 Å². The van der Waals surface area contributed by atoms with E-state index in [0.717, 1.165) is 36.5 Å². The van der Waals surface area contributed by atoms with Crippen LogP contribution in [0, 0.1) is 0 Å². The molecule has 12 rings (SSSR count). The molecule has 0 radical (unpaired) electrons. The Hall–Kier alpha value is -6.84. The monoisotopic (exact) mass is 704 g/mol. The van der Waals surface area contributed by atoms with Crippen molar-refractivity contribution in [2.75, 3.05) is 0 Å². The van der Waals surface area contributed by atoms with E-state index in [4.69, 9.17) is 4.74 Å². The van der Waals surface area contributed by atoms with Gasteiger partial charge in [0.05, 0.1) is 27.8 Å². The molecule has 3 aliphatic rings. The molecule has 0 spiro atoms. The predicted octanol–water partition coefficient (Wildman–Crippen LogP) is 13.9. The van der Waals surface area contributed by atoms with E-state index >= 15 is 0 Å². The van der Waals surface area contributed by atoms with Crippen LogP contribution in [0.5, 0.6) is 5.75 Å². The molecule has 260 valence electrons. The van der Waals surface area contributed by atoms with Crippen molar-refractivity contribution in [2.24, 2.45) is 0 Å². The third kappa shape index (κ3) is 4.63. The zero-order valence-corrected chi connectivity index (χ0v) is 30.2. The van der Waals surface area contributed by atoms with Crippen LogP contribution in [0.25, 0.3) is 88.0 Å². The largest absolute Gasteiger partial charge is 0.459 e. The molecule has 0 bridgehead atoms. The molecule has 0 saturated carbocycles. The van der Waals surface area contributed by atoms with Crippen LogP contribution in [0.1, 0.15) is 30.7 Å². The van der Waals surface area contributed by atoms with Crippen molar-refractivity contribution >= 4 is 60.1 Å². The molecule has 1 atom stereocenters. The number of hydrogen-bond acceptors (Lipinski definition) is 1. The van der Waals surface area contributed by atoms with Crippen LogP contribution in [-0.2, 0) is 0 Å². The molecule has 0 amide bonds. The zero-order chi connectivity index (χ0) is 36.0. The number of hydrogen-bond donors (Lipinski definition) is 0. The number of aromatic nitrogens is 2. The van der Waals surface area contributed by atoms with Gasteiger partial charge in [0, 0.05) is 38.7 Å². The van der Waals surface area contributed by atoms with E-state index in [1.54, 1.807) is 0 Å². The maximum Gasteiger partial charge on any atom is 0.154 e. The molecule has 0 saturated heterocycles. The van der Waals surface area contributed by atoms with Crippen molar-refractivity contribution in [1.29, 1.82) is 0 Å². The first-order valence-corrected chi connectivity index (χ1v) is 19.4. The van der Waals surface area contributed by atoms with E-state index < -0.39 is 0 Å². The summed E-state index contributed by atoms with van der Waals surface area (Å²) in [6.07, 6.45) is 16.3. The van der Waals surface area contributed by atoms with Gasteiger partial charge in [0.1, 0.15) is 5.76 Å². The topological polar surface area (TPSA) is 19.1 Å². The molecule has 2 aliphatic carbocycles. The van der Waals surface area contributed by atoms with Gasteiger partial charge < -0.3 is 13.9 Å². The van der Waals surface area contributed by atoms with E-state index in [0.29, 0.717) is 0 Å². The second-order valence-electron chi connectivity index (χ2n) is 15.2. The summed E-state index contributed by atoms with van der Waals surface area (Å²) in [5, 5.41) is 7.54. The zero-order valence-electron chi connectivity index (χ0n) is 30.2. The van der Waals surface area contributed by atoms with Crippen LogP contribution >= 0.6 is 0 Å². The Labute approximate surface area is 319 Å². The van der Waals surface area contributed by atoms with Crippen molar-refractivity contribution in [3.63, 3.8) is 0 Å². The van der Waals surface area contributed by atoms with Crippen LogP contribution in [0.2, 0.25) is 0 Å². The SMILES string of the molecule is C1=CCCC(n2c3ccccc3c3cc(-c4ccc5c(c4)c4ccccc4n5-c4cc(-c5ccc6ccccc6c5)cc5c4OC4=CC=CCC45)ccc32)=C1. The van der Waals surface area contributed by atoms with Crippen LogP contribution in [0.3, 0.4) is 0 Å². The van der Waals surface area contributed by atoms with Gasteiger partial charge in [0.2, 0.25) is 0 Å². The minimum absolute atomic E-state index is 0.214. The summed E-state index contributed by atoms with van der Waals surface area (Å²) in [6, 6.07) is 51.8. The number of ether oxygens (including phenoxy) is 1. The first-order valence-electron chi connectivity index (χ1n) is 19.4. The second-order valence-corrected chi connectivity index (χ2v) is 15.2.